The van der Waals surface area contributed by atoms with Crippen molar-refractivity contribution in [1.82, 2.24) is 14.9 Å². The van der Waals surface area contributed by atoms with Crippen molar-refractivity contribution in [1.29, 1.82) is 0 Å². The molecular formula is C25H34N6O3. The molecule has 3 aliphatic heterocycles. The average molecular weight is 467 g/mol. The smallest absolute Gasteiger partial charge is 0.320 e. The summed E-state index contributed by atoms with van der Waals surface area (Å²) in [6.07, 6.45) is 4.37. The first-order valence-electron chi connectivity index (χ1n) is 12.4. The van der Waals surface area contributed by atoms with Crippen molar-refractivity contribution in [3.8, 4) is 11.8 Å². The van der Waals surface area contributed by atoms with Gasteiger partial charge in [0.2, 0.25) is 0 Å². The van der Waals surface area contributed by atoms with Crippen LogP contribution in [0.1, 0.15) is 36.8 Å². The van der Waals surface area contributed by atoms with Crippen LogP contribution in [0.3, 0.4) is 0 Å². The minimum atomic E-state index is 0.391. The van der Waals surface area contributed by atoms with Crippen molar-refractivity contribution in [2.45, 2.75) is 32.6 Å². The topological polar surface area (TPSA) is 84.3 Å². The van der Waals surface area contributed by atoms with Gasteiger partial charge in [-0.25, -0.2) is 0 Å². The summed E-state index contributed by atoms with van der Waals surface area (Å²) >= 11 is 0. The van der Waals surface area contributed by atoms with Gasteiger partial charge in [0.1, 0.15) is 18.2 Å². The maximum atomic E-state index is 6.00. The number of piperidine rings is 1. The fourth-order valence-electron chi connectivity index (χ4n) is 4.54. The van der Waals surface area contributed by atoms with E-state index in [4.69, 9.17) is 24.3 Å². The minimum absolute atomic E-state index is 0.391. The summed E-state index contributed by atoms with van der Waals surface area (Å²) in [6.45, 7) is 9.52. The lowest BCUT2D eigenvalue weighted by atomic mass is 10.0. The molecule has 0 amide bonds. The number of hydrogen-bond acceptors (Lipinski definition) is 9. The lowest BCUT2D eigenvalue weighted by Crippen LogP contribution is -2.38. The van der Waals surface area contributed by atoms with Gasteiger partial charge in [-0.3, -0.25) is 10.3 Å². The molecule has 2 saturated heterocycles. The van der Waals surface area contributed by atoms with Gasteiger partial charge in [-0.1, -0.05) is 11.6 Å². The average Bonchev–Trinajstić information content (AvgIpc) is 2.88. The number of fused-ring (bicyclic) bond motifs is 1. The van der Waals surface area contributed by atoms with Crippen LogP contribution in [0.4, 0.5) is 11.6 Å². The Bertz CT molecular complexity index is 1000. The van der Waals surface area contributed by atoms with E-state index in [1.54, 1.807) is 0 Å². The summed E-state index contributed by atoms with van der Waals surface area (Å²) in [5, 5.41) is 4.72. The Labute approximate surface area is 201 Å². The van der Waals surface area contributed by atoms with Crippen LogP contribution in [-0.2, 0) is 4.74 Å². The van der Waals surface area contributed by atoms with Crippen LogP contribution in [-0.4, -0.2) is 79.7 Å². The number of benzene rings is 1. The zero-order valence-electron chi connectivity index (χ0n) is 20.0. The standard InChI is InChI=1S/C25H34N6O3/c1-19-5-6-22-20(17-19)21(7-13-33-22)28-29-23-18-24(31-8-3-2-4-9-31)27-25(26-23)34-16-12-30-10-14-32-15-11-30/h5-6,17-18H,2-4,7-16H2,1H3,(H,26,27,29)/b28-21+. The molecule has 182 valence electrons. The molecule has 3 aliphatic rings. The van der Waals surface area contributed by atoms with E-state index >= 15 is 0 Å². The number of nitrogens with one attached hydrogen (secondary N) is 1. The van der Waals surface area contributed by atoms with Crippen LogP contribution < -0.4 is 19.8 Å². The minimum Gasteiger partial charge on any atom is -0.492 e. The number of hydrazone groups is 1. The van der Waals surface area contributed by atoms with Crippen LogP contribution in [0.25, 0.3) is 0 Å². The quantitative estimate of drug-likeness (QED) is 0.624. The number of ether oxygens (including phenoxy) is 3. The normalized spacial score (nSPS) is 20.0. The van der Waals surface area contributed by atoms with Gasteiger partial charge < -0.3 is 19.1 Å². The van der Waals surface area contributed by atoms with Gasteiger partial charge in [0, 0.05) is 50.8 Å². The SMILES string of the molecule is Cc1ccc2c(c1)/C(=N/Nc1cc(N3CCCCC3)nc(OCCN3CCOCC3)n1)CCO2. The van der Waals surface area contributed by atoms with Crippen LogP contribution in [0, 0.1) is 6.92 Å². The summed E-state index contributed by atoms with van der Waals surface area (Å²) in [5.41, 5.74) is 6.37. The van der Waals surface area contributed by atoms with Gasteiger partial charge in [0.15, 0.2) is 5.82 Å². The van der Waals surface area contributed by atoms with Crippen molar-refractivity contribution in [3.63, 3.8) is 0 Å². The number of hydrogen-bond donors (Lipinski definition) is 1. The number of rotatable bonds is 7. The molecule has 0 spiro atoms. The van der Waals surface area contributed by atoms with Gasteiger partial charge >= 0.3 is 6.01 Å². The van der Waals surface area contributed by atoms with Crippen LogP contribution in [0.15, 0.2) is 29.4 Å². The predicted molar refractivity (Wildman–Crippen MR) is 132 cm³/mol. The molecule has 1 aromatic carbocycles. The fraction of sp³-hybridized carbons (Fsp3) is 0.560. The second-order valence-electron chi connectivity index (χ2n) is 9.01. The number of aromatic nitrogens is 2. The highest BCUT2D eigenvalue weighted by Gasteiger charge is 2.19. The van der Waals surface area contributed by atoms with Crippen LogP contribution in [0.5, 0.6) is 11.8 Å². The Morgan fingerprint density at radius 1 is 1.03 bits per heavy atom. The van der Waals surface area contributed by atoms with Gasteiger partial charge in [-0.15, -0.1) is 0 Å². The molecule has 1 aromatic heterocycles. The maximum absolute atomic E-state index is 6.00. The van der Waals surface area contributed by atoms with E-state index in [-0.39, 0.29) is 0 Å². The maximum Gasteiger partial charge on any atom is 0.320 e. The number of anilines is 2. The van der Waals surface area contributed by atoms with E-state index < -0.39 is 0 Å². The van der Waals surface area contributed by atoms with E-state index in [1.807, 2.05) is 12.1 Å². The molecule has 2 aromatic rings. The Hall–Kier alpha value is -2.91. The zero-order valence-corrected chi connectivity index (χ0v) is 20.0. The van der Waals surface area contributed by atoms with E-state index in [0.717, 1.165) is 75.2 Å². The van der Waals surface area contributed by atoms with Crippen LogP contribution in [0.2, 0.25) is 0 Å². The summed E-state index contributed by atoms with van der Waals surface area (Å²) in [6, 6.07) is 8.56. The second kappa shape index (κ2) is 11.0. The fourth-order valence-corrected chi connectivity index (χ4v) is 4.54. The molecule has 0 atom stereocenters. The Kier molecular flexibility index (Phi) is 7.40. The monoisotopic (exact) mass is 466 g/mol. The molecule has 0 saturated carbocycles. The lowest BCUT2D eigenvalue weighted by molar-refractivity contribution is 0.0317. The van der Waals surface area contributed by atoms with Crippen LogP contribution >= 0.6 is 0 Å². The third kappa shape index (κ3) is 5.77. The van der Waals surface area contributed by atoms with E-state index in [0.29, 0.717) is 25.0 Å². The summed E-state index contributed by atoms with van der Waals surface area (Å²) in [7, 11) is 0. The molecule has 2 fully saturated rings. The molecular weight excluding hydrogens is 432 g/mol. The molecule has 0 aliphatic carbocycles. The van der Waals surface area contributed by atoms with Crippen molar-refractivity contribution in [2.24, 2.45) is 5.10 Å². The molecule has 0 radical (unpaired) electrons. The zero-order chi connectivity index (χ0) is 23.2. The third-order valence-corrected chi connectivity index (χ3v) is 6.46. The van der Waals surface area contributed by atoms with E-state index in [9.17, 15) is 0 Å². The van der Waals surface area contributed by atoms with Gasteiger partial charge in [-0.2, -0.15) is 15.1 Å². The Morgan fingerprint density at radius 2 is 1.88 bits per heavy atom. The molecule has 5 rings (SSSR count). The predicted octanol–water partition coefficient (Wildman–Crippen LogP) is 3.09. The van der Waals surface area contributed by atoms with Crippen molar-refractivity contribution in [3.05, 3.63) is 35.4 Å². The highest BCUT2D eigenvalue weighted by Crippen LogP contribution is 2.27. The lowest BCUT2D eigenvalue weighted by Gasteiger charge is -2.28. The van der Waals surface area contributed by atoms with E-state index in [1.165, 1.54) is 24.8 Å². The van der Waals surface area contributed by atoms with Gasteiger partial charge in [0.05, 0.1) is 25.5 Å². The molecule has 34 heavy (non-hydrogen) atoms. The summed E-state index contributed by atoms with van der Waals surface area (Å²) in [5.74, 6) is 2.41. The first kappa shape index (κ1) is 22.9. The largest absolute Gasteiger partial charge is 0.492 e. The second-order valence-corrected chi connectivity index (χ2v) is 9.01. The first-order valence-corrected chi connectivity index (χ1v) is 12.4. The Balaban J connectivity index is 1.33. The van der Waals surface area contributed by atoms with Crippen molar-refractivity contribution in [2.75, 3.05) is 69.5 Å². The van der Waals surface area contributed by atoms with Gasteiger partial charge in [-0.05, 0) is 38.3 Å². The van der Waals surface area contributed by atoms with Crippen molar-refractivity contribution >= 4 is 17.3 Å². The first-order chi connectivity index (χ1) is 16.7. The number of nitrogens with zero attached hydrogens (tertiary/aromatic N) is 5. The van der Waals surface area contributed by atoms with Crippen molar-refractivity contribution < 1.29 is 14.2 Å². The Morgan fingerprint density at radius 3 is 2.74 bits per heavy atom. The summed E-state index contributed by atoms with van der Waals surface area (Å²) < 4.78 is 17.2. The molecule has 9 heteroatoms. The highest BCUT2D eigenvalue weighted by molar-refractivity contribution is 6.04. The molecule has 4 heterocycles. The third-order valence-electron chi connectivity index (χ3n) is 6.46. The van der Waals surface area contributed by atoms with E-state index in [2.05, 4.69) is 39.3 Å². The number of aryl methyl sites for hydroxylation is 1. The number of morpholine rings is 1. The molecule has 1 N–H and O–H groups in total. The molecule has 9 nitrogen and oxygen atoms in total. The molecule has 0 bridgehead atoms. The van der Waals surface area contributed by atoms with Gasteiger partial charge in [0.25, 0.3) is 0 Å². The summed E-state index contributed by atoms with van der Waals surface area (Å²) in [4.78, 5) is 14.0. The molecule has 0 unspecified atom stereocenters. The highest BCUT2D eigenvalue weighted by atomic mass is 16.5.